The van der Waals surface area contributed by atoms with Crippen LogP contribution in [-0.2, 0) is 0 Å². The van der Waals surface area contributed by atoms with Crippen molar-refractivity contribution < 1.29 is 9.84 Å². The van der Waals surface area contributed by atoms with Crippen LogP contribution in [0.3, 0.4) is 0 Å². The molecule has 1 unspecified atom stereocenters. The summed E-state index contributed by atoms with van der Waals surface area (Å²) in [6.45, 7) is 2.77. The van der Waals surface area contributed by atoms with Crippen LogP contribution >= 0.6 is 12.6 Å². The molecule has 0 aromatic heterocycles. The fourth-order valence-electron chi connectivity index (χ4n) is 1.27. The lowest BCUT2D eigenvalue weighted by Crippen LogP contribution is -2.05. The summed E-state index contributed by atoms with van der Waals surface area (Å²) in [6.07, 6.45) is 0. The van der Waals surface area contributed by atoms with Crippen LogP contribution in [0.4, 0.5) is 0 Å². The number of hydrogen-bond acceptors (Lipinski definition) is 3. The second-order valence-corrected chi connectivity index (χ2v) is 3.43. The summed E-state index contributed by atoms with van der Waals surface area (Å²) in [6, 6.07) is 7.79. The van der Waals surface area contributed by atoms with Crippen molar-refractivity contribution in [3.05, 3.63) is 29.8 Å². The zero-order valence-corrected chi connectivity index (χ0v) is 9.21. The largest absolute Gasteiger partial charge is 0.494 e. The molecule has 1 rings (SSSR count). The first-order valence-electron chi connectivity index (χ1n) is 4.76. The highest BCUT2D eigenvalue weighted by atomic mass is 32.1. The van der Waals surface area contributed by atoms with Gasteiger partial charge in [-0.1, -0.05) is 12.1 Å². The number of ether oxygens (including phenoxy) is 1. The minimum absolute atomic E-state index is 0.119. The zero-order chi connectivity index (χ0) is 10.4. The first-order chi connectivity index (χ1) is 6.81. The molecule has 0 fully saturated rings. The Bertz CT molecular complexity index is 254. The predicted molar refractivity (Wildman–Crippen MR) is 61.3 cm³/mol. The van der Waals surface area contributed by atoms with Crippen molar-refractivity contribution in [2.75, 3.05) is 19.0 Å². The quantitative estimate of drug-likeness (QED) is 0.732. The number of rotatable bonds is 5. The van der Waals surface area contributed by atoms with Gasteiger partial charge in [-0.25, -0.2) is 0 Å². The van der Waals surface area contributed by atoms with Crippen molar-refractivity contribution in [2.24, 2.45) is 0 Å². The second kappa shape index (κ2) is 5.94. The first kappa shape index (κ1) is 11.4. The summed E-state index contributed by atoms with van der Waals surface area (Å²) in [5, 5.41) is 9.07. The molecule has 0 aliphatic rings. The van der Waals surface area contributed by atoms with Crippen molar-refractivity contribution in [2.45, 2.75) is 12.8 Å². The Hall–Kier alpha value is -0.670. The van der Waals surface area contributed by atoms with Crippen molar-refractivity contribution >= 4 is 12.6 Å². The summed E-state index contributed by atoms with van der Waals surface area (Å²) in [7, 11) is 0. The van der Waals surface area contributed by atoms with Crippen molar-refractivity contribution in [1.82, 2.24) is 0 Å². The topological polar surface area (TPSA) is 29.5 Å². The number of aliphatic hydroxyl groups is 1. The first-order valence-corrected chi connectivity index (χ1v) is 5.39. The molecule has 0 radical (unpaired) electrons. The van der Waals surface area contributed by atoms with Crippen molar-refractivity contribution in [1.29, 1.82) is 0 Å². The summed E-state index contributed by atoms with van der Waals surface area (Å²) in [5.74, 6) is 1.64. The molecule has 3 heteroatoms. The number of thiol groups is 1. The van der Waals surface area contributed by atoms with E-state index in [0.29, 0.717) is 12.4 Å². The smallest absolute Gasteiger partial charge is 0.119 e. The minimum Gasteiger partial charge on any atom is -0.494 e. The molecule has 0 amide bonds. The Balaban J connectivity index is 2.71. The molecule has 0 spiro atoms. The van der Waals surface area contributed by atoms with E-state index in [1.807, 2.05) is 31.2 Å². The predicted octanol–water partition coefficient (Wildman–Crippen LogP) is 2.09. The van der Waals surface area contributed by atoms with Gasteiger partial charge in [-0.3, -0.25) is 0 Å². The highest BCUT2D eigenvalue weighted by Gasteiger charge is 2.07. The van der Waals surface area contributed by atoms with E-state index in [0.717, 1.165) is 11.3 Å². The van der Waals surface area contributed by atoms with E-state index in [-0.39, 0.29) is 12.5 Å². The fraction of sp³-hybridized carbons (Fsp3) is 0.455. The molecule has 2 nitrogen and oxygen atoms in total. The molecule has 0 heterocycles. The molecule has 1 aromatic carbocycles. The Morgan fingerprint density at radius 3 is 2.43 bits per heavy atom. The van der Waals surface area contributed by atoms with Gasteiger partial charge in [-0.05, 0) is 30.4 Å². The molecule has 78 valence electrons. The molecular formula is C11H16O2S. The van der Waals surface area contributed by atoms with Crippen molar-refractivity contribution in [3.63, 3.8) is 0 Å². The molecular weight excluding hydrogens is 196 g/mol. The van der Waals surface area contributed by atoms with Gasteiger partial charge in [0.15, 0.2) is 0 Å². The highest BCUT2D eigenvalue weighted by Crippen LogP contribution is 2.20. The van der Waals surface area contributed by atoms with Gasteiger partial charge in [0.25, 0.3) is 0 Å². The lowest BCUT2D eigenvalue weighted by atomic mass is 10.0. The molecule has 1 atom stereocenters. The maximum absolute atomic E-state index is 9.07. The van der Waals surface area contributed by atoms with Crippen LogP contribution in [0.1, 0.15) is 18.4 Å². The van der Waals surface area contributed by atoms with Crippen LogP contribution < -0.4 is 4.74 Å². The van der Waals surface area contributed by atoms with Crippen LogP contribution in [0.15, 0.2) is 24.3 Å². The van der Waals surface area contributed by atoms with Gasteiger partial charge in [0.1, 0.15) is 5.75 Å². The van der Waals surface area contributed by atoms with Crippen LogP contribution in [0.2, 0.25) is 0 Å². The molecule has 0 saturated carbocycles. The lowest BCUT2D eigenvalue weighted by Gasteiger charge is -2.12. The van der Waals surface area contributed by atoms with Crippen molar-refractivity contribution in [3.8, 4) is 5.75 Å². The number of hydrogen-bond donors (Lipinski definition) is 2. The van der Waals surface area contributed by atoms with Gasteiger partial charge in [0, 0.05) is 5.92 Å². The SMILES string of the molecule is CCOc1ccc(C(CO)CS)cc1. The average Bonchev–Trinajstić information content (AvgIpc) is 2.23. The molecule has 1 N–H and O–H groups in total. The van der Waals surface area contributed by atoms with E-state index in [1.54, 1.807) is 0 Å². The van der Waals surface area contributed by atoms with Gasteiger partial charge < -0.3 is 9.84 Å². The maximum atomic E-state index is 9.07. The van der Waals surface area contributed by atoms with Crippen LogP contribution in [0.5, 0.6) is 5.75 Å². The Morgan fingerprint density at radius 1 is 1.36 bits per heavy atom. The summed E-state index contributed by atoms with van der Waals surface area (Å²) in [4.78, 5) is 0. The lowest BCUT2D eigenvalue weighted by molar-refractivity contribution is 0.275. The van der Waals surface area contributed by atoms with Gasteiger partial charge in [-0.2, -0.15) is 12.6 Å². The van der Waals surface area contributed by atoms with Crippen LogP contribution in [-0.4, -0.2) is 24.1 Å². The molecule has 14 heavy (non-hydrogen) atoms. The van der Waals surface area contributed by atoms with E-state index >= 15 is 0 Å². The van der Waals surface area contributed by atoms with Crippen LogP contribution in [0, 0.1) is 0 Å². The number of aliphatic hydroxyl groups excluding tert-OH is 1. The third kappa shape index (κ3) is 2.93. The summed E-state index contributed by atoms with van der Waals surface area (Å²) < 4.78 is 5.33. The monoisotopic (exact) mass is 212 g/mol. The third-order valence-corrected chi connectivity index (χ3v) is 2.54. The number of benzene rings is 1. The highest BCUT2D eigenvalue weighted by molar-refractivity contribution is 7.80. The maximum Gasteiger partial charge on any atom is 0.119 e. The zero-order valence-electron chi connectivity index (χ0n) is 8.31. The average molecular weight is 212 g/mol. The Labute approximate surface area is 90.3 Å². The molecule has 0 saturated heterocycles. The van der Waals surface area contributed by atoms with Gasteiger partial charge in [-0.15, -0.1) is 0 Å². The van der Waals surface area contributed by atoms with Gasteiger partial charge in [0.2, 0.25) is 0 Å². The van der Waals surface area contributed by atoms with E-state index in [1.165, 1.54) is 0 Å². The van der Waals surface area contributed by atoms with Crippen LogP contribution in [0.25, 0.3) is 0 Å². The summed E-state index contributed by atoms with van der Waals surface area (Å²) >= 11 is 4.18. The van der Waals surface area contributed by atoms with E-state index in [2.05, 4.69) is 12.6 Å². The normalized spacial score (nSPS) is 12.5. The summed E-state index contributed by atoms with van der Waals surface area (Å²) in [5.41, 5.74) is 1.10. The van der Waals surface area contributed by atoms with Gasteiger partial charge >= 0.3 is 0 Å². The second-order valence-electron chi connectivity index (χ2n) is 3.06. The van der Waals surface area contributed by atoms with E-state index in [4.69, 9.17) is 9.84 Å². The third-order valence-electron chi connectivity index (χ3n) is 2.10. The standard InChI is InChI=1S/C11H16O2S/c1-2-13-11-5-3-9(4-6-11)10(7-12)8-14/h3-6,10,12,14H,2,7-8H2,1H3. The van der Waals surface area contributed by atoms with Gasteiger partial charge in [0.05, 0.1) is 13.2 Å². The fourth-order valence-corrected chi connectivity index (χ4v) is 1.60. The Kier molecular flexibility index (Phi) is 4.84. The van der Waals surface area contributed by atoms with E-state index in [9.17, 15) is 0 Å². The molecule has 0 aliphatic heterocycles. The Morgan fingerprint density at radius 2 is 2.00 bits per heavy atom. The minimum atomic E-state index is 0.119. The molecule has 0 bridgehead atoms. The molecule has 1 aromatic rings. The molecule has 0 aliphatic carbocycles. The van der Waals surface area contributed by atoms with E-state index < -0.39 is 0 Å².